The molecule has 30 heavy (non-hydrogen) atoms. The molecule has 4 rings (SSSR count). The van der Waals surface area contributed by atoms with Crippen LogP contribution in [0.15, 0.2) is 59.6 Å². The Hall–Kier alpha value is -2.40. The summed E-state index contributed by atoms with van der Waals surface area (Å²) < 4.78 is 19.6. The number of ether oxygens (including phenoxy) is 1. The molecule has 2 aromatic carbocycles. The van der Waals surface area contributed by atoms with Crippen LogP contribution in [0.3, 0.4) is 0 Å². The van der Waals surface area contributed by atoms with E-state index in [0.29, 0.717) is 19.1 Å². The van der Waals surface area contributed by atoms with E-state index in [1.54, 1.807) is 6.07 Å². The molecule has 2 aliphatic heterocycles. The monoisotopic (exact) mass is 409 g/mol. The van der Waals surface area contributed by atoms with E-state index in [2.05, 4.69) is 45.5 Å². The predicted octanol–water partition coefficient (Wildman–Crippen LogP) is 4.01. The van der Waals surface area contributed by atoms with Crippen LogP contribution in [0.4, 0.5) is 4.39 Å². The topological polar surface area (TPSA) is 36.9 Å². The van der Waals surface area contributed by atoms with Gasteiger partial charge in [-0.05, 0) is 54.9 Å². The summed E-state index contributed by atoms with van der Waals surface area (Å²) in [5.41, 5.74) is 2.33. The summed E-state index contributed by atoms with van der Waals surface area (Å²) >= 11 is 0. The summed E-state index contributed by atoms with van der Waals surface area (Å²) in [5, 5.41) is 3.62. The number of rotatable bonds is 5. The summed E-state index contributed by atoms with van der Waals surface area (Å²) in [7, 11) is 1.85. The number of halogens is 1. The molecule has 0 aliphatic carbocycles. The number of benzene rings is 2. The number of aliphatic imine (C=N–C) groups is 1. The van der Waals surface area contributed by atoms with Crippen molar-refractivity contribution in [1.82, 2.24) is 10.2 Å². The molecule has 0 saturated carbocycles. The van der Waals surface area contributed by atoms with Gasteiger partial charge in [0.1, 0.15) is 5.82 Å². The molecule has 0 aromatic heterocycles. The second kappa shape index (κ2) is 9.61. The van der Waals surface area contributed by atoms with E-state index in [-0.39, 0.29) is 11.2 Å². The minimum atomic E-state index is -0.175. The van der Waals surface area contributed by atoms with Gasteiger partial charge in [0.15, 0.2) is 5.96 Å². The molecule has 2 heterocycles. The molecule has 2 saturated heterocycles. The van der Waals surface area contributed by atoms with E-state index in [4.69, 9.17) is 4.74 Å². The molecule has 2 fully saturated rings. The van der Waals surface area contributed by atoms with Gasteiger partial charge in [-0.3, -0.25) is 4.99 Å². The number of hydrogen-bond donors (Lipinski definition) is 1. The van der Waals surface area contributed by atoms with Crippen molar-refractivity contribution in [3.63, 3.8) is 0 Å². The van der Waals surface area contributed by atoms with Crippen LogP contribution in [0, 0.1) is 11.7 Å². The molecule has 4 nitrogen and oxygen atoms in total. The molecule has 0 radical (unpaired) electrons. The van der Waals surface area contributed by atoms with Gasteiger partial charge >= 0.3 is 0 Å². The van der Waals surface area contributed by atoms with Crippen molar-refractivity contribution >= 4 is 5.96 Å². The highest BCUT2D eigenvalue weighted by Crippen LogP contribution is 2.34. The van der Waals surface area contributed by atoms with Crippen LogP contribution in [-0.2, 0) is 16.6 Å². The van der Waals surface area contributed by atoms with Gasteiger partial charge in [0, 0.05) is 45.3 Å². The van der Waals surface area contributed by atoms with Crippen molar-refractivity contribution in [3.8, 4) is 0 Å². The van der Waals surface area contributed by atoms with Crippen molar-refractivity contribution in [2.75, 3.05) is 39.9 Å². The van der Waals surface area contributed by atoms with Gasteiger partial charge in [-0.2, -0.15) is 0 Å². The normalized spacial score (nSPS) is 21.6. The van der Waals surface area contributed by atoms with Crippen molar-refractivity contribution < 1.29 is 9.13 Å². The zero-order valence-electron chi connectivity index (χ0n) is 17.8. The van der Waals surface area contributed by atoms with Crippen molar-refractivity contribution in [2.24, 2.45) is 10.9 Å². The first-order valence-electron chi connectivity index (χ1n) is 11.0. The largest absolute Gasteiger partial charge is 0.381 e. The second-order valence-corrected chi connectivity index (χ2v) is 8.59. The minimum absolute atomic E-state index is 0.126. The molecule has 0 bridgehead atoms. The summed E-state index contributed by atoms with van der Waals surface area (Å²) in [4.78, 5) is 6.93. The first kappa shape index (κ1) is 20.9. The predicted molar refractivity (Wildman–Crippen MR) is 119 cm³/mol. The fraction of sp³-hybridized carbons (Fsp3) is 0.480. The van der Waals surface area contributed by atoms with Crippen LogP contribution in [-0.4, -0.2) is 50.8 Å². The lowest BCUT2D eigenvalue weighted by molar-refractivity contribution is 0.0511. The number of hydrogen-bond acceptors (Lipinski definition) is 2. The van der Waals surface area contributed by atoms with E-state index < -0.39 is 0 Å². The van der Waals surface area contributed by atoms with Gasteiger partial charge in [0.05, 0.1) is 0 Å². The molecule has 1 unspecified atom stereocenters. The molecule has 0 spiro atoms. The fourth-order valence-electron chi connectivity index (χ4n) is 4.87. The SMILES string of the molecule is CN=C(NCC1(c2cccc(F)c2)CCOCC1)N1CCC(Cc2ccccc2)C1. The van der Waals surface area contributed by atoms with Crippen molar-refractivity contribution in [3.05, 3.63) is 71.5 Å². The van der Waals surface area contributed by atoms with Gasteiger partial charge in [0.2, 0.25) is 0 Å². The van der Waals surface area contributed by atoms with E-state index in [9.17, 15) is 4.39 Å². The quantitative estimate of drug-likeness (QED) is 0.599. The summed E-state index contributed by atoms with van der Waals surface area (Å²) in [6.07, 6.45) is 4.06. The average Bonchev–Trinajstić information content (AvgIpc) is 3.24. The van der Waals surface area contributed by atoms with E-state index in [1.807, 2.05) is 19.2 Å². The standard InChI is InChI=1S/C25H32FN3O/c1-27-24(29-13-10-21(18-29)16-20-6-3-2-4-7-20)28-19-25(11-14-30-15-12-25)22-8-5-9-23(26)17-22/h2-9,17,21H,10-16,18-19H2,1H3,(H,27,28). The lowest BCUT2D eigenvalue weighted by Gasteiger charge is -2.39. The lowest BCUT2D eigenvalue weighted by atomic mass is 9.74. The zero-order chi connectivity index (χ0) is 20.8. The molecular formula is C25H32FN3O. The van der Waals surface area contributed by atoms with Crippen LogP contribution in [0.25, 0.3) is 0 Å². The molecule has 1 atom stereocenters. The Morgan fingerprint density at radius 1 is 1.17 bits per heavy atom. The number of nitrogens with zero attached hydrogens (tertiary/aromatic N) is 2. The third-order valence-electron chi connectivity index (χ3n) is 6.64. The highest BCUT2D eigenvalue weighted by atomic mass is 19.1. The Kier molecular flexibility index (Phi) is 6.68. The van der Waals surface area contributed by atoms with Gasteiger partial charge in [-0.25, -0.2) is 4.39 Å². The van der Waals surface area contributed by atoms with E-state index >= 15 is 0 Å². The molecule has 2 aliphatic rings. The number of likely N-dealkylation sites (tertiary alicyclic amines) is 1. The molecule has 0 amide bonds. The Bertz CT molecular complexity index is 848. The van der Waals surface area contributed by atoms with Crippen LogP contribution in [0.2, 0.25) is 0 Å². The van der Waals surface area contributed by atoms with Gasteiger partial charge in [-0.1, -0.05) is 42.5 Å². The molecule has 160 valence electrons. The maximum atomic E-state index is 13.9. The smallest absolute Gasteiger partial charge is 0.193 e. The van der Waals surface area contributed by atoms with Crippen LogP contribution in [0.1, 0.15) is 30.4 Å². The molecule has 1 N–H and O–H groups in total. The number of guanidine groups is 1. The Labute approximate surface area is 179 Å². The molecular weight excluding hydrogens is 377 g/mol. The van der Waals surface area contributed by atoms with Gasteiger partial charge < -0.3 is 15.0 Å². The van der Waals surface area contributed by atoms with Gasteiger partial charge in [-0.15, -0.1) is 0 Å². The first-order chi connectivity index (χ1) is 14.7. The minimum Gasteiger partial charge on any atom is -0.381 e. The Balaban J connectivity index is 1.40. The van der Waals surface area contributed by atoms with E-state index in [1.165, 1.54) is 18.1 Å². The highest BCUT2D eigenvalue weighted by molar-refractivity contribution is 5.80. The van der Waals surface area contributed by atoms with Crippen LogP contribution >= 0.6 is 0 Å². The Morgan fingerprint density at radius 3 is 2.70 bits per heavy atom. The highest BCUT2D eigenvalue weighted by Gasteiger charge is 2.35. The third kappa shape index (κ3) is 4.84. The molecule has 2 aromatic rings. The number of nitrogens with one attached hydrogen (secondary N) is 1. The summed E-state index contributed by atoms with van der Waals surface area (Å²) in [6.45, 7) is 4.20. The first-order valence-corrected chi connectivity index (χ1v) is 11.0. The van der Waals surface area contributed by atoms with Crippen molar-refractivity contribution in [2.45, 2.75) is 31.1 Å². The maximum Gasteiger partial charge on any atom is 0.193 e. The third-order valence-corrected chi connectivity index (χ3v) is 6.64. The van der Waals surface area contributed by atoms with Crippen LogP contribution in [0.5, 0.6) is 0 Å². The zero-order valence-corrected chi connectivity index (χ0v) is 17.8. The Morgan fingerprint density at radius 2 is 1.97 bits per heavy atom. The van der Waals surface area contributed by atoms with Gasteiger partial charge in [0.25, 0.3) is 0 Å². The van der Waals surface area contributed by atoms with Crippen LogP contribution < -0.4 is 5.32 Å². The van der Waals surface area contributed by atoms with Crippen molar-refractivity contribution in [1.29, 1.82) is 0 Å². The lowest BCUT2D eigenvalue weighted by Crippen LogP contribution is -2.49. The summed E-state index contributed by atoms with van der Waals surface area (Å²) in [5.74, 6) is 1.42. The summed E-state index contributed by atoms with van der Waals surface area (Å²) in [6, 6.07) is 17.8. The van der Waals surface area contributed by atoms with E-state index in [0.717, 1.165) is 50.4 Å². The average molecular weight is 410 g/mol. The second-order valence-electron chi connectivity index (χ2n) is 8.59. The maximum absolute atomic E-state index is 13.9. The fourth-order valence-corrected chi connectivity index (χ4v) is 4.87. The molecule has 5 heteroatoms.